The van der Waals surface area contributed by atoms with Gasteiger partial charge in [0.1, 0.15) is 0 Å². The van der Waals surface area contributed by atoms with Crippen LogP contribution in [0.5, 0.6) is 0 Å². The zero-order valence-corrected chi connectivity index (χ0v) is 12.7. The summed E-state index contributed by atoms with van der Waals surface area (Å²) >= 11 is 0. The third-order valence-electron chi connectivity index (χ3n) is 5.13. The van der Waals surface area contributed by atoms with Gasteiger partial charge in [-0.2, -0.15) is 0 Å². The summed E-state index contributed by atoms with van der Waals surface area (Å²) in [5.41, 5.74) is 0.930. The molecule has 0 N–H and O–H groups in total. The lowest BCUT2D eigenvalue weighted by molar-refractivity contribution is 0.308. The Kier molecular flexibility index (Phi) is 6.34. The second-order valence-corrected chi connectivity index (χ2v) is 7.35. The van der Waals surface area contributed by atoms with Crippen LogP contribution in [0.3, 0.4) is 0 Å². The van der Waals surface area contributed by atoms with Crippen LogP contribution < -0.4 is 0 Å². The van der Waals surface area contributed by atoms with Gasteiger partial charge in [0, 0.05) is 0 Å². The molecule has 0 heterocycles. The monoisotopic (exact) mass is 254 g/mol. The number of hydrogen-bond acceptors (Lipinski definition) is 0. The van der Waals surface area contributed by atoms with Gasteiger partial charge in [-0.3, -0.25) is 0 Å². The molecule has 2 atom stereocenters. The molecule has 0 aromatic heterocycles. The summed E-state index contributed by atoms with van der Waals surface area (Å²) < 4.78 is 0. The molecule has 2 rings (SSSR count). The maximum Gasteiger partial charge on any atom is -0.0236 e. The Balaban J connectivity index is 1.57. The van der Waals surface area contributed by atoms with Gasteiger partial charge < -0.3 is 0 Å². The predicted octanol–water partition coefficient (Wildman–Crippen LogP) is 5.56. The van der Waals surface area contributed by atoms with E-state index in [0.717, 1.165) is 17.5 Å². The average Bonchev–Trinajstić information content (AvgIpc) is 2.41. The Labute approximate surface area is 111 Å². The third kappa shape index (κ3) is 4.90. The fraction of sp³-hybridized carbons (Fsp3) is 1.00. The first kappa shape index (κ1) is 13.9. The summed E-state index contributed by atoms with van der Waals surface area (Å²) in [6.45, 7) is 0. The van der Waals surface area contributed by atoms with Crippen molar-refractivity contribution in [1.29, 1.82) is 0 Å². The minimum atomic E-state index is 0.930. The highest BCUT2D eigenvalue weighted by atomic mass is 31.0. The van der Waals surface area contributed by atoms with Gasteiger partial charge in [-0.1, -0.05) is 64.2 Å². The molecule has 0 radical (unpaired) electrons. The lowest BCUT2D eigenvalue weighted by atomic mass is 9.83. The minimum absolute atomic E-state index is 0.930. The highest BCUT2D eigenvalue weighted by Gasteiger charge is 2.20. The average molecular weight is 254 g/mol. The molecule has 2 aliphatic carbocycles. The summed E-state index contributed by atoms with van der Waals surface area (Å²) in [7, 11) is 3.16. The Hall–Kier alpha value is 0.430. The smallest absolute Gasteiger partial charge is 0.0236 e. The molecule has 1 heteroatoms. The Morgan fingerprint density at radius 2 is 1.41 bits per heavy atom. The fourth-order valence-electron chi connectivity index (χ4n) is 3.92. The first-order valence-corrected chi connectivity index (χ1v) is 8.78. The summed E-state index contributed by atoms with van der Waals surface area (Å²) in [6, 6.07) is 0. The largest absolute Gasteiger partial charge is 0.134 e. The van der Waals surface area contributed by atoms with E-state index in [1.807, 2.05) is 0 Å². The van der Waals surface area contributed by atoms with Crippen molar-refractivity contribution >= 4 is 9.24 Å². The van der Waals surface area contributed by atoms with Gasteiger partial charge in [0.15, 0.2) is 0 Å². The van der Waals surface area contributed by atoms with E-state index >= 15 is 0 Å². The summed E-state index contributed by atoms with van der Waals surface area (Å²) in [5.74, 6) is 2.13. The Bertz CT molecular complexity index is 190. The molecule has 0 nitrogen and oxygen atoms in total. The van der Waals surface area contributed by atoms with Gasteiger partial charge in [-0.05, 0) is 36.8 Å². The van der Waals surface area contributed by atoms with E-state index in [9.17, 15) is 0 Å². The quantitative estimate of drug-likeness (QED) is 0.563. The second-order valence-electron chi connectivity index (χ2n) is 6.50. The van der Waals surface area contributed by atoms with Crippen LogP contribution >= 0.6 is 9.24 Å². The van der Waals surface area contributed by atoms with Crippen molar-refractivity contribution in [3.63, 3.8) is 0 Å². The number of rotatable bonds is 5. The van der Waals surface area contributed by atoms with Crippen molar-refractivity contribution < 1.29 is 0 Å². The Morgan fingerprint density at radius 1 is 0.824 bits per heavy atom. The minimum Gasteiger partial charge on any atom is -0.134 e. The maximum absolute atomic E-state index is 3.16. The molecule has 2 fully saturated rings. The van der Waals surface area contributed by atoms with E-state index < -0.39 is 0 Å². The van der Waals surface area contributed by atoms with Gasteiger partial charge in [-0.25, -0.2) is 0 Å². The molecule has 0 aromatic carbocycles. The van der Waals surface area contributed by atoms with Gasteiger partial charge in [0.05, 0.1) is 0 Å². The van der Waals surface area contributed by atoms with E-state index in [1.165, 1.54) is 83.5 Å². The zero-order valence-electron chi connectivity index (χ0n) is 11.5. The van der Waals surface area contributed by atoms with Crippen LogP contribution in [0.4, 0.5) is 0 Å². The van der Waals surface area contributed by atoms with Crippen LogP contribution in [0.2, 0.25) is 0 Å². The Morgan fingerprint density at radius 3 is 2.06 bits per heavy atom. The maximum atomic E-state index is 3.16. The number of hydrogen-bond donors (Lipinski definition) is 0. The highest BCUT2D eigenvalue weighted by Crippen LogP contribution is 2.34. The van der Waals surface area contributed by atoms with Crippen LogP contribution in [-0.4, -0.2) is 5.66 Å². The molecule has 2 saturated carbocycles. The van der Waals surface area contributed by atoms with E-state index in [4.69, 9.17) is 0 Å². The molecule has 0 amide bonds. The van der Waals surface area contributed by atoms with Crippen LogP contribution in [0.25, 0.3) is 0 Å². The normalized spacial score (nSPS) is 25.9. The lowest BCUT2D eigenvalue weighted by Gasteiger charge is -2.28. The van der Waals surface area contributed by atoms with Crippen LogP contribution in [0.1, 0.15) is 83.5 Å². The molecule has 100 valence electrons. The second kappa shape index (κ2) is 7.78. The van der Waals surface area contributed by atoms with Gasteiger partial charge in [-0.15, -0.1) is 9.24 Å². The topological polar surface area (TPSA) is 0 Å². The van der Waals surface area contributed by atoms with Gasteiger partial charge in [0.2, 0.25) is 0 Å². The highest BCUT2D eigenvalue weighted by molar-refractivity contribution is 7.17. The zero-order chi connectivity index (χ0) is 11.9. The van der Waals surface area contributed by atoms with E-state index in [2.05, 4.69) is 9.24 Å². The third-order valence-corrected chi connectivity index (χ3v) is 6.01. The van der Waals surface area contributed by atoms with Crippen molar-refractivity contribution in [3.8, 4) is 0 Å². The first-order chi connectivity index (χ1) is 8.36. The van der Waals surface area contributed by atoms with Crippen molar-refractivity contribution in [2.24, 2.45) is 11.8 Å². The standard InChI is InChI=1S/C16H31P/c17-16(15-11-5-2-6-12-15)13-7-10-14-8-3-1-4-9-14/h14-16H,1-13,17H2. The molecular formula is C16H31P. The van der Waals surface area contributed by atoms with Crippen molar-refractivity contribution in [1.82, 2.24) is 0 Å². The van der Waals surface area contributed by atoms with Gasteiger partial charge in [0.25, 0.3) is 0 Å². The van der Waals surface area contributed by atoms with Crippen LogP contribution in [0, 0.1) is 11.8 Å². The molecule has 0 bridgehead atoms. The molecule has 0 saturated heterocycles. The van der Waals surface area contributed by atoms with E-state index in [1.54, 1.807) is 0 Å². The molecule has 0 aromatic rings. The fourth-order valence-corrected chi connectivity index (χ4v) is 4.54. The van der Waals surface area contributed by atoms with Crippen LogP contribution in [0.15, 0.2) is 0 Å². The van der Waals surface area contributed by atoms with E-state index in [0.29, 0.717) is 0 Å². The molecule has 0 spiro atoms. The molecule has 2 aliphatic rings. The predicted molar refractivity (Wildman–Crippen MR) is 80.5 cm³/mol. The lowest BCUT2D eigenvalue weighted by Crippen LogP contribution is -2.18. The van der Waals surface area contributed by atoms with Gasteiger partial charge >= 0.3 is 0 Å². The van der Waals surface area contributed by atoms with Crippen molar-refractivity contribution in [3.05, 3.63) is 0 Å². The molecule has 2 unspecified atom stereocenters. The summed E-state index contributed by atoms with van der Waals surface area (Å²) in [5, 5.41) is 0. The SMILES string of the molecule is PC(CCCC1CCCCC1)C1CCCCC1. The molecule has 0 aliphatic heterocycles. The van der Waals surface area contributed by atoms with E-state index in [-0.39, 0.29) is 0 Å². The van der Waals surface area contributed by atoms with Crippen LogP contribution in [-0.2, 0) is 0 Å². The summed E-state index contributed by atoms with van der Waals surface area (Å²) in [6.07, 6.45) is 19.6. The molecule has 17 heavy (non-hydrogen) atoms. The first-order valence-electron chi connectivity index (χ1n) is 8.12. The summed E-state index contributed by atoms with van der Waals surface area (Å²) in [4.78, 5) is 0. The van der Waals surface area contributed by atoms with Crippen molar-refractivity contribution in [2.45, 2.75) is 89.1 Å². The molecular weight excluding hydrogens is 223 g/mol. The van der Waals surface area contributed by atoms with Crippen molar-refractivity contribution in [2.75, 3.05) is 0 Å².